The van der Waals surface area contributed by atoms with Crippen molar-refractivity contribution in [2.24, 2.45) is 16.0 Å². The molecular formula is C15H15N7O5S. The van der Waals surface area contributed by atoms with Crippen LogP contribution in [0.2, 0.25) is 0 Å². The zero-order chi connectivity index (χ0) is 20.5. The number of aryl methyl sites for hydroxylation is 2. The zero-order valence-corrected chi connectivity index (χ0v) is 15.5. The van der Waals surface area contributed by atoms with Crippen molar-refractivity contribution in [1.82, 2.24) is 14.9 Å². The molecule has 0 bridgehead atoms. The highest BCUT2D eigenvalue weighted by molar-refractivity contribution is 7.92. The number of primary amides is 1. The van der Waals surface area contributed by atoms with Crippen LogP contribution in [0, 0.1) is 13.8 Å². The van der Waals surface area contributed by atoms with Gasteiger partial charge in [0.1, 0.15) is 5.76 Å². The monoisotopic (exact) mass is 405 g/mol. The van der Waals surface area contributed by atoms with Gasteiger partial charge in [-0.2, -0.15) is 9.80 Å². The number of nitrogens with zero attached hydrogens (tertiary/aromatic N) is 4. The van der Waals surface area contributed by atoms with Crippen LogP contribution in [0.5, 0.6) is 0 Å². The first-order chi connectivity index (χ1) is 13.2. The van der Waals surface area contributed by atoms with Gasteiger partial charge in [-0.3, -0.25) is 14.6 Å². The van der Waals surface area contributed by atoms with Crippen LogP contribution in [0.3, 0.4) is 0 Å². The number of azo groups is 1. The van der Waals surface area contributed by atoms with Crippen molar-refractivity contribution in [2.45, 2.75) is 18.7 Å². The van der Waals surface area contributed by atoms with Crippen molar-refractivity contribution in [1.29, 1.82) is 0 Å². The first-order valence-electron chi connectivity index (χ1n) is 7.77. The van der Waals surface area contributed by atoms with Crippen LogP contribution in [-0.4, -0.2) is 29.4 Å². The van der Waals surface area contributed by atoms with E-state index in [9.17, 15) is 18.0 Å². The molecule has 0 fully saturated rings. The summed E-state index contributed by atoms with van der Waals surface area (Å²) in [4.78, 5) is 23.1. The summed E-state index contributed by atoms with van der Waals surface area (Å²) in [5, 5.41) is 13.7. The van der Waals surface area contributed by atoms with E-state index in [4.69, 9.17) is 10.3 Å². The third-order valence-corrected chi connectivity index (χ3v) is 4.91. The first-order valence-corrected chi connectivity index (χ1v) is 9.25. The fourth-order valence-corrected chi connectivity index (χ4v) is 3.21. The van der Waals surface area contributed by atoms with E-state index in [0.717, 1.165) is 0 Å². The van der Waals surface area contributed by atoms with Gasteiger partial charge in [0.25, 0.3) is 10.0 Å². The number of anilines is 1. The largest absolute Gasteiger partial charge is 0.360 e. The Morgan fingerprint density at radius 2 is 1.93 bits per heavy atom. The van der Waals surface area contributed by atoms with E-state index in [1.54, 1.807) is 6.92 Å². The average molecular weight is 405 g/mol. The zero-order valence-electron chi connectivity index (χ0n) is 14.7. The maximum absolute atomic E-state index is 12.3. The third-order valence-electron chi connectivity index (χ3n) is 3.54. The Morgan fingerprint density at radius 3 is 2.46 bits per heavy atom. The number of amides is 1. The van der Waals surface area contributed by atoms with Gasteiger partial charge in [-0.1, -0.05) is 5.16 Å². The normalized spacial score (nSPS) is 11.8. The molecule has 0 aliphatic heterocycles. The van der Waals surface area contributed by atoms with Gasteiger partial charge in [-0.15, -0.1) is 5.11 Å². The number of hydrogen-bond acceptors (Lipinski definition) is 8. The molecule has 3 aromatic rings. The minimum atomic E-state index is -3.86. The second-order valence-corrected chi connectivity index (χ2v) is 7.37. The van der Waals surface area contributed by atoms with Crippen LogP contribution in [0.4, 0.5) is 22.0 Å². The summed E-state index contributed by atoms with van der Waals surface area (Å²) in [6.07, 6.45) is 0. The summed E-state index contributed by atoms with van der Waals surface area (Å²) < 4.78 is 32.3. The van der Waals surface area contributed by atoms with Crippen LogP contribution in [0.15, 0.2) is 54.8 Å². The molecule has 12 nitrogen and oxygen atoms in total. The molecule has 0 aliphatic rings. The molecule has 13 heteroatoms. The average Bonchev–Trinajstić information content (AvgIpc) is 3.16. The lowest BCUT2D eigenvalue weighted by molar-refractivity contribution is 0.247. The highest BCUT2D eigenvalue weighted by atomic mass is 32.2. The lowest BCUT2D eigenvalue weighted by atomic mass is 10.3. The number of carbonyl (C=O) groups is 1. The van der Waals surface area contributed by atoms with Gasteiger partial charge < -0.3 is 10.3 Å². The van der Waals surface area contributed by atoms with E-state index in [0.29, 0.717) is 21.8 Å². The topological polar surface area (TPSA) is 178 Å². The van der Waals surface area contributed by atoms with Gasteiger partial charge in [0.2, 0.25) is 0 Å². The molecule has 28 heavy (non-hydrogen) atoms. The maximum Gasteiger partial charge on any atom is 0.341 e. The van der Waals surface area contributed by atoms with Crippen molar-refractivity contribution in [3.63, 3.8) is 0 Å². The highest BCUT2D eigenvalue weighted by Gasteiger charge is 2.16. The molecule has 0 atom stereocenters. The number of H-pyrrole nitrogens is 1. The van der Waals surface area contributed by atoms with Crippen LogP contribution in [0.25, 0.3) is 0 Å². The molecule has 1 aromatic carbocycles. The lowest BCUT2D eigenvalue weighted by Crippen LogP contribution is -2.29. The van der Waals surface area contributed by atoms with Crippen molar-refractivity contribution in [3.05, 3.63) is 52.1 Å². The molecule has 0 saturated carbocycles. The Balaban J connectivity index is 1.80. The summed E-state index contributed by atoms with van der Waals surface area (Å²) in [5.41, 5.74) is 4.84. The summed E-state index contributed by atoms with van der Waals surface area (Å²) in [5.74, 6) is 0.527. The predicted molar refractivity (Wildman–Crippen MR) is 97.4 cm³/mol. The Labute approximate surface area is 158 Å². The van der Waals surface area contributed by atoms with E-state index in [-0.39, 0.29) is 16.4 Å². The van der Waals surface area contributed by atoms with E-state index in [1.807, 2.05) is 0 Å². The number of carbonyl (C=O) groups excluding carboxylic acids is 1. The summed E-state index contributed by atoms with van der Waals surface area (Å²) in [7, 11) is -3.86. The maximum atomic E-state index is 12.3. The molecule has 0 saturated heterocycles. The number of hydrogen-bond donors (Lipinski definition) is 3. The molecule has 3 rings (SSSR count). The Kier molecular flexibility index (Phi) is 4.83. The molecule has 1 amide bonds. The highest BCUT2D eigenvalue weighted by Crippen LogP contribution is 2.21. The SMILES string of the molecule is Cc1cc(NS(=O)(=O)c2ccc(N=Nc3c(C)[nH]n(C(N)=O)c3=O)cc2)no1. The van der Waals surface area contributed by atoms with Crippen LogP contribution >= 0.6 is 0 Å². The molecule has 0 spiro atoms. The Hall–Kier alpha value is -3.74. The van der Waals surface area contributed by atoms with Crippen molar-refractivity contribution in [2.75, 3.05) is 4.72 Å². The third kappa shape index (κ3) is 3.83. The predicted octanol–water partition coefficient (Wildman–Crippen LogP) is 1.92. The first kappa shape index (κ1) is 19.0. The summed E-state index contributed by atoms with van der Waals surface area (Å²) in [6, 6.07) is 5.91. The van der Waals surface area contributed by atoms with Crippen LogP contribution in [0.1, 0.15) is 11.5 Å². The molecule has 0 aliphatic carbocycles. The molecule has 146 valence electrons. The molecule has 2 heterocycles. The minimum Gasteiger partial charge on any atom is -0.360 e. The van der Waals surface area contributed by atoms with E-state index in [1.165, 1.54) is 37.3 Å². The van der Waals surface area contributed by atoms with Crippen LogP contribution in [-0.2, 0) is 10.0 Å². The number of benzene rings is 1. The number of nitrogens with two attached hydrogens (primary N) is 1. The smallest absolute Gasteiger partial charge is 0.341 e. The Bertz CT molecular complexity index is 1220. The van der Waals surface area contributed by atoms with Crippen molar-refractivity contribution < 1.29 is 17.7 Å². The number of aromatic nitrogens is 3. The Morgan fingerprint density at radius 1 is 1.25 bits per heavy atom. The summed E-state index contributed by atoms with van der Waals surface area (Å²) in [6.45, 7) is 3.16. The lowest BCUT2D eigenvalue weighted by Gasteiger charge is -2.04. The van der Waals surface area contributed by atoms with Gasteiger partial charge >= 0.3 is 11.6 Å². The van der Waals surface area contributed by atoms with Gasteiger partial charge in [-0.25, -0.2) is 13.2 Å². The van der Waals surface area contributed by atoms with Crippen molar-refractivity contribution in [3.8, 4) is 0 Å². The fraction of sp³-hybridized carbons (Fsp3) is 0.133. The second kappa shape index (κ2) is 7.11. The van der Waals surface area contributed by atoms with Crippen LogP contribution < -0.4 is 16.0 Å². The number of aromatic amines is 1. The minimum absolute atomic E-state index is 0.0268. The fourth-order valence-electron chi connectivity index (χ4n) is 2.22. The number of sulfonamides is 1. The van der Waals surface area contributed by atoms with E-state index in [2.05, 4.69) is 25.2 Å². The van der Waals surface area contributed by atoms with Gasteiger partial charge in [0.05, 0.1) is 16.3 Å². The number of rotatable bonds is 5. The van der Waals surface area contributed by atoms with E-state index >= 15 is 0 Å². The molecule has 2 aromatic heterocycles. The second-order valence-electron chi connectivity index (χ2n) is 5.69. The molecule has 0 radical (unpaired) electrons. The van der Waals surface area contributed by atoms with E-state index < -0.39 is 21.6 Å². The quantitative estimate of drug-likeness (QED) is 0.546. The summed E-state index contributed by atoms with van der Waals surface area (Å²) >= 11 is 0. The van der Waals surface area contributed by atoms with Gasteiger partial charge in [0, 0.05) is 6.07 Å². The molecular weight excluding hydrogens is 390 g/mol. The standard InChI is InChI=1S/C15H15N7O5S/c1-8-7-12(20-27-8)21-28(25,26)11-5-3-10(4-6-11)17-18-13-9(2)19-22(14(13)23)15(16)24/h3-7,19H,1-2H3,(H2,16,24)(H,20,21). The van der Waals surface area contributed by atoms with Gasteiger partial charge in [0.15, 0.2) is 11.5 Å². The van der Waals surface area contributed by atoms with Crippen molar-refractivity contribution >= 4 is 33.2 Å². The molecule has 0 unspecified atom stereocenters. The van der Waals surface area contributed by atoms with Gasteiger partial charge in [-0.05, 0) is 38.1 Å². The number of nitrogens with one attached hydrogen (secondary N) is 2. The molecule has 4 N–H and O–H groups in total.